The van der Waals surface area contributed by atoms with Crippen molar-refractivity contribution in [1.29, 1.82) is 0 Å². The molecule has 1 N–H and O–H groups in total. The van der Waals surface area contributed by atoms with Crippen molar-refractivity contribution in [3.63, 3.8) is 0 Å². The van der Waals surface area contributed by atoms with Crippen LogP contribution in [0.2, 0.25) is 0 Å². The van der Waals surface area contributed by atoms with Gasteiger partial charge in [-0.2, -0.15) is 0 Å². The standard InChI is InChI=1S/C9H13NO/c1-2-8-3-4-9(5-6-11)10-7-8/h3-4,7,11H,2,5-6H2,1H3/i2D2. The van der Waals surface area contributed by atoms with E-state index >= 15 is 0 Å². The van der Waals surface area contributed by atoms with Crippen molar-refractivity contribution in [1.82, 2.24) is 4.98 Å². The molecular weight excluding hydrogens is 138 g/mol. The molecule has 2 heteroatoms. The maximum absolute atomic E-state index is 8.63. The zero-order chi connectivity index (χ0) is 9.90. The second kappa shape index (κ2) is 4.09. The van der Waals surface area contributed by atoms with Gasteiger partial charge >= 0.3 is 0 Å². The first-order valence-corrected chi connectivity index (χ1v) is 3.60. The molecule has 1 aromatic heterocycles. The summed E-state index contributed by atoms with van der Waals surface area (Å²) in [5, 5.41) is 8.63. The molecule has 0 unspecified atom stereocenters. The van der Waals surface area contributed by atoms with Crippen molar-refractivity contribution < 1.29 is 7.85 Å². The Morgan fingerprint density at radius 3 is 2.91 bits per heavy atom. The van der Waals surface area contributed by atoms with Gasteiger partial charge in [0.05, 0.1) is 0 Å². The summed E-state index contributed by atoms with van der Waals surface area (Å²) in [5.74, 6) is 0. The minimum atomic E-state index is -1.34. The number of hydrogen-bond acceptors (Lipinski definition) is 2. The number of hydrogen-bond donors (Lipinski definition) is 1. The van der Waals surface area contributed by atoms with E-state index in [9.17, 15) is 0 Å². The van der Waals surface area contributed by atoms with E-state index in [1.54, 1.807) is 12.1 Å². The highest BCUT2D eigenvalue weighted by molar-refractivity contribution is 5.13. The summed E-state index contributed by atoms with van der Waals surface area (Å²) in [5.41, 5.74) is 1.35. The summed E-state index contributed by atoms with van der Waals surface area (Å²) in [6.45, 7) is 1.57. The minimum Gasteiger partial charge on any atom is -0.396 e. The van der Waals surface area contributed by atoms with Gasteiger partial charge in [0.1, 0.15) is 0 Å². The molecule has 0 aliphatic rings. The number of aliphatic hydroxyl groups excluding tert-OH is 1. The van der Waals surface area contributed by atoms with Crippen LogP contribution < -0.4 is 0 Å². The molecule has 1 aromatic rings. The van der Waals surface area contributed by atoms with Gasteiger partial charge in [0, 0.05) is 27.7 Å². The Labute approximate surface area is 69.7 Å². The summed E-state index contributed by atoms with van der Waals surface area (Å²) in [6, 6.07) is 3.45. The fraction of sp³-hybridized carbons (Fsp3) is 0.444. The van der Waals surface area contributed by atoms with Crippen molar-refractivity contribution in [2.75, 3.05) is 6.61 Å². The lowest BCUT2D eigenvalue weighted by atomic mass is 10.2. The third kappa shape index (κ3) is 2.31. The molecule has 0 aliphatic heterocycles. The number of aliphatic hydroxyl groups is 1. The van der Waals surface area contributed by atoms with Gasteiger partial charge in [0.25, 0.3) is 0 Å². The second-order valence-corrected chi connectivity index (χ2v) is 2.26. The highest BCUT2D eigenvalue weighted by atomic mass is 16.3. The predicted octanol–water partition coefficient (Wildman–Crippen LogP) is 1.18. The maximum atomic E-state index is 8.63. The molecule has 1 rings (SSSR count). The van der Waals surface area contributed by atoms with Crippen molar-refractivity contribution in [2.24, 2.45) is 0 Å². The van der Waals surface area contributed by atoms with Gasteiger partial charge in [0.2, 0.25) is 0 Å². The Kier molecular flexibility index (Phi) is 2.13. The quantitative estimate of drug-likeness (QED) is 0.707. The molecule has 0 radical (unpaired) electrons. The topological polar surface area (TPSA) is 33.1 Å². The smallest absolute Gasteiger partial charge is 0.0486 e. The van der Waals surface area contributed by atoms with E-state index in [2.05, 4.69) is 4.98 Å². The van der Waals surface area contributed by atoms with Crippen LogP contribution in [0.15, 0.2) is 18.3 Å². The van der Waals surface area contributed by atoms with E-state index < -0.39 is 6.37 Å². The van der Waals surface area contributed by atoms with E-state index in [-0.39, 0.29) is 6.61 Å². The molecule has 0 amide bonds. The molecule has 0 aromatic carbocycles. The van der Waals surface area contributed by atoms with Gasteiger partial charge in [-0.25, -0.2) is 0 Å². The average Bonchev–Trinajstić information content (AvgIpc) is 2.04. The number of aromatic nitrogens is 1. The minimum absolute atomic E-state index is 0.0748. The van der Waals surface area contributed by atoms with Crippen molar-refractivity contribution in [2.45, 2.75) is 19.7 Å². The van der Waals surface area contributed by atoms with Gasteiger partial charge in [-0.3, -0.25) is 4.98 Å². The molecule has 11 heavy (non-hydrogen) atoms. The van der Waals surface area contributed by atoms with E-state index in [4.69, 9.17) is 7.85 Å². The molecule has 0 atom stereocenters. The van der Waals surface area contributed by atoms with Crippen LogP contribution in [0.1, 0.15) is 20.9 Å². The fourth-order valence-electron chi connectivity index (χ4n) is 0.835. The molecule has 2 nitrogen and oxygen atoms in total. The Balaban J connectivity index is 2.81. The largest absolute Gasteiger partial charge is 0.396 e. The van der Waals surface area contributed by atoms with Gasteiger partial charge in [-0.15, -0.1) is 0 Å². The molecule has 0 aliphatic carbocycles. The van der Waals surface area contributed by atoms with Gasteiger partial charge in [-0.1, -0.05) is 13.0 Å². The van der Waals surface area contributed by atoms with Crippen molar-refractivity contribution in [3.8, 4) is 0 Å². The van der Waals surface area contributed by atoms with Crippen LogP contribution in [-0.4, -0.2) is 16.7 Å². The van der Waals surface area contributed by atoms with Crippen molar-refractivity contribution >= 4 is 0 Å². The summed E-state index contributed by atoms with van der Waals surface area (Å²) < 4.78 is 14.8. The van der Waals surface area contributed by atoms with Gasteiger partial charge < -0.3 is 5.11 Å². The lowest BCUT2D eigenvalue weighted by Crippen LogP contribution is -1.94. The molecule has 1 heterocycles. The molecule has 0 spiro atoms. The van der Waals surface area contributed by atoms with Crippen LogP contribution >= 0.6 is 0 Å². The molecule has 0 saturated carbocycles. The van der Waals surface area contributed by atoms with E-state index in [0.717, 1.165) is 5.69 Å². The Hall–Kier alpha value is -0.890. The van der Waals surface area contributed by atoms with Crippen LogP contribution in [0.4, 0.5) is 0 Å². The zero-order valence-electron chi connectivity index (χ0n) is 8.54. The van der Waals surface area contributed by atoms with Gasteiger partial charge in [0.15, 0.2) is 0 Å². The number of rotatable bonds is 3. The van der Waals surface area contributed by atoms with E-state index in [1.165, 1.54) is 13.1 Å². The van der Waals surface area contributed by atoms with E-state index in [1.807, 2.05) is 0 Å². The molecular formula is C9H13NO. The van der Waals surface area contributed by atoms with E-state index in [0.29, 0.717) is 12.0 Å². The first-order chi connectivity index (χ1) is 6.04. The first kappa shape index (κ1) is 5.72. The summed E-state index contributed by atoms with van der Waals surface area (Å²) in [7, 11) is 0. The number of nitrogens with zero attached hydrogens (tertiary/aromatic N) is 1. The first-order valence-electron chi connectivity index (χ1n) is 4.60. The number of pyridine rings is 1. The normalized spacial score (nSPS) is 14.0. The number of aryl methyl sites for hydroxylation is 1. The second-order valence-electron chi connectivity index (χ2n) is 2.26. The highest BCUT2D eigenvalue weighted by Crippen LogP contribution is 2.00. The van der Waals surface area contributed by atoms with Crippen molar-refractivity contribution in [3.05, 3.63) is 29.6 Å². The molecule has 0 bridgehead atoms. The Morgan fingerprint density at radius 1 is 1.64 bits per heavy atom. The Bertz CT molecular complexity index is 266. The fourth-order valence-corrected chi connectivity index (χ4v) is 0.835. The third-order valence-corrected chi connectivity index (χ3v) is 1.48. The Morgan fingerprint density at radius 2 is 2.45 bits per heavy atom. The summed E-state index contributed by atoms with van der Waals surface area (Å²) in [4.78, 5) is 4.03. The van der Waals surface area contributed by atoms with Crippen LogP contribution in [0.5, 0.6) is 0 Å². The van der Waals surface area contributed by atoms with Crippen LogP contribution in [0, 0.1) is 0 Å². The molecule has 60 valence electrons. The van der Waals surface area contributed by atoms with Crippen LogP contribution in [0.25, 0.3) is 0 Å². The summed E-state index contributed by atoms with van der Waals surface area (Å²) in [6.07, 6.45) is 0.697. The SMILES string of the molecule is [2H]C([2H])(C)c1ccc(CCO)nc1. The summed E-state index contributed by atoms with van der Waals surface area (Å²) >= 11 is 0. The maximum Gasteiger partial charge on any atom is 0.0486 e. The average molecular weight is 153 g/mol. The third-order valence-electron chi connectivity index (χ3n) is 1.48. The monoisotopic (exact) mass is 153 g/mol. The van der Waals surface area contributed by atoms with Crippen LogP contribution in [0.3, 0.4) is 0 Å². The van der Waals surface area contributed by atoms with Crippen LogP contribution in [-0.2, 0) is 12.8 Å². The highest BCUT2D eigenvalue weighted by Gasteiger charge is 1.92. The predicted molar refractivity (Wildman–Crippen MR) is 44.4 cm³/mol. The lowest BCUT2D eigenvalue weighted by Gasteiger charge is -1.98. The molecule has 0 fully saturated rings. The lowest BCUT2D eigenvalue weighted by molar-refractivity contribution is 0.298. The molecule has 0 saturated heterocycles. The zero-order valence-corrected chi connectivity index (χ0v) is 6.54. The van der Waals surface area contributed by atoms with Gasteiger partial charge in [-0.05, 0) is 18.0 Å².